The van der Waals surface area contributed by atoms with Gasteiger partial charge in [0, 0.05) is 0 Å². The molecule has 0 aromatic heterocycles. The van der Waals surface area contributed by atoms with E-state index >= 15 is 0 Å². The Kier molecular flexibility index (Phi) is 4.43. The van der Waals surface area contributed by atoms with E-state index in [1.807, 2.05) is 0 Å². The van der Waals surface area contributed by atoms with E-state index in [-0.39, 0.29) is 30.5 Å². The fourth-order valence-electron chi connectivity index (χ4n) is 1.31. The van der Waals surface area contributed by atoms with Crippen molar-refractivity contribution >= 4 is 33.8 Å². The van der Waals surface area contributed by atoms with Crippen molar-refractivity contribution in [3.63, 3.8) is 0 Å². The van der Waals surface area contributed by atoms with Gasteiger partial charge >= 0.3 is 23.1 Å². The van der Waals surface area contributed by atoms with Gasteiger partial charge in [-0.05, 0) is 0 Å². The molecule has 0 saturated heterocycles. The van der Waals surface area contributed by atoms with Gasteiger partial charge in [0.15, 0.2) is 0 Å². The van der Waals surface area contributed by atoms with Gasteiger partial charge in [-0.1, -0.05) is 13.0 Å². The maximum atomic E-state index is 2.16. The molecule has 0 N–H and O–H groups in total. The van der Waals surface area contributed by atoms with Crippen molar-refractivity contribution in [3.8, 4) is 0 Å². The van der Waals surface area contributed by atoms with Crippen molar-refractivity contribution in [2.24, 2.45) is 0 Å². The van der Waals surface area contributed by atoms with E-state index in [1.54, 1.807) is 0 Å². The van der Waals surface area contributed by atoms with Gasteiger partial charge in [-0.15, -0.1) is 35.0 Å². The minimum Gasteiger partial charge on any atom is -0.358 e. The normalized spacial score (nSPS) is 8.75. The van der Waals surface area contributed by atoms with Gasteiger partial charge in [-0.25, -0.2) is 0 Å². The molecule has 0 spiro atoms. The van der Waals surface area contributed by atoms with Gasteiger partial charge in [-0.2, -0.15) is 11.6 Å². The zero-order chi connectivity index (χ0) is 6.97. The van der Waals surface area contributed by atoms with Crippen LogP contribution in [0.1, 0.15) is 5.56 Å². The minimum absolute atomic E-state index is 0. The van der Waals surface area contributed by atoms with Crippen molar-refractivity contribution in [2.75, 3.05) is 0 Å². The third kappa shape index (κ3) is 1.85. The summed E-state index contributed by atoms with van der Waals surface area (Å²) in [6, 6.07) is 12.8. The average Bonchev–Trinajstić information content (AvgIpc) is 2.34. The minimum atomic E-state index is 0. The molecule has 2 aromatic rings. The van der Waals surface area contributed by atoms with Gasteiger partial charge in [-0.3, -0.25) is 0 Å². The number of aryl methyl sites for hydroxylation is 1. The molecule has 0 saturated carbocycles. The van der Waals surface area contributed by atoms with Crippen LogP contribution in [0.3, 0.4) is 0 Å². The zero-order valence-electron chi connectivity index (χ0n) is 7.67. The Hall–Kier alpha value is -0.404. The standard InChI is InChI=1S/C10H9.CH3.Mg/c1-8-6-7-9-4-2-3-5-10(8)9;;/h2-7H,1H3;1H3;/q2*-1;+2. The molecule has 0 bridgehead atoms. The Morgan fingerprint density at radius 1 is 1.17 bits per heavy atom. The smallest absolute Gasteiger partial charge is 0.358 e. The summed E-state index contributed by atoms with van der Waals surface area (Å²) in [5.41, 5.74) is 1.37. The van der Waals surface area contributed by atoms with Crippen LogP contribution in [0.5, 0.6) is 0 Å². The van der Waals surface area contributed by atoms with Crippen LogP contribution in [0.25, 0.3) is 10.8 Å². The first kappa shape index (κ1) is 11.6. The van der Waals surface area contributed by atoms with Crippen LogP contribution in [0, 0.1) is 14.4 Å². The molecular weight excluding hydrogens is 156 g/mol. The fourth-order valence-corrected chi connectivity index (χ4v) is 1.31. The molecule has 58 valence electrons. The molecule has 0 amide bonds. The van der Waals surface area contributed by atoms with Crippen LogP contribution in [0.2, 0.25) is 0 Å². The van der Waals surface area contributed by atoms with Crippen molar-refractivity contribution in [1.29, 1.82) is 0 Å². The second-order valence-electron chi connectivity index (χ2n) is 2.60. The Bertz CT molecular complexity index is 347. The Morgan fingerprint density at radius 3 is 2.50 bits per heavy atom. The van der Waals surface area contributed by atoms with E-state index in [1.165, 1.54) is 16.3 Å². The summed E-state index contributed by atoms with van der Waals surface area (Å²) >= 11 is 0. The van der Waals surface area contributed by atoms with Crippen LogP contribution >= 0.6 is 0 Å². The van der Waals surface area contributed by atoms with Crippen molar-refractivity contribution in [3.05, 3.63) is 49.4 Å². The molecule has 0 unspecified atom stereocenters. The van der Waals surface area contributed by atoms with Crippen LogP contribution in [-0.4, -0.2) is 23.1 Å². The van der Waals surface area contributed by atoms with Gasteiger partial charge < -0.3 is 7.43 Å². The first-order valence-electron chi connectivity index (χ1n) is 3.49. The Labute approximate surface area is 90.1 Å². The molecular formula is C11H12Mg. The van der Waals surface area contributed by atoms with E-state index < -0.39 is 0 Å². The number of benzene rings is 1. The zero-order valence-corrected chi connectivity index (χ0v) is 9.09. The van der Waals surface area contributed by atoms with E-state index in [0.29, 0.717) is 0 Å². The number of hydrogen-bond donors (Lipinski definition) is 0. The molecule has 12 heavy (non-hydrogen) atoms. The Morgan fingerprint density at radius 2 is 1.83 bits per heavy atom. The summed E-state index contributed by atoms with van der Waals surface area (Å²) in [7, 11) is 0. The second-order valence-corrected chi connectivity index (χ2v) is 2.60. The van der Waals surface area contributed by atoms with Gasteiger partial charge in [0.2, 0.25) is 0 Å². The predicted octanol–water partition coefficient (Wildman–Crippen LogP) is 2.94. The number of rotatable bonds is 0. The summed E-state index contributed by atoms with van der Waals surface area (Å²) < 4.78 is 0. The summed E-state index contributed by atoms with van der Waals surface area (Å²) in [6.45, 7) is 2.14. The molecule has 2 rings (SSSR count). The molecule has 0 aliphatic carbocycles. The summed E-state index contributed by atoms with van der Waals surface area (Å²) in [5.74, 6) is 0. The summed E-state index contributed by atoms with van der Waals surface area (Å²) in [6.07, 6.45) is 0. The molecule has 0 radical (unpaired) electrons. The largest absolute Gasteiger partial charge is 2.00 e. The number of hydrogen-bond acceptors (Lipinski definition) is 0. The predicted molar refractivity (Wildman–Crippen MR) is 56.4 cm³/mol. The molecule has 0 aliphatic rings. The van der Waals surface area contributed by atoms with Crippen LogP contribution in [0.4, 0.5) is 0 Å². The van der Waals surface area contributed by atoms with E-state index in [9.17, 15) is 0 Å². The van der Waals surface area contributed by atoms with Crippen molar-refractivity contribution < 1.29 is 0 Å². The van der Waals surface area contributed by atoms with Crippen LogP contribution in [-0.2, 0) is 0 Å². The van der Waals surface area contributed by atoms with Gasteiger partial charge in [0.05, 0.1) is 0 Å². The molecule has 0 aliphatic heterocycles. The third-order valence-corrected chi connectivity index (χ3v) is 1.90. The van der Waals surface area contributed by atoms with E-state index in [2.05, 4.69) is 43.3 Å². The quantitative estimate of drug-likeness (QED) is 0.419. The summed E-state index contributed by atoms with van der Waals surface area (Å²) in [4.78, 5) is 0. The summed E-state index contributed by atoms with van der Waals surface area (Å²) in [5, 5.41) is 2.72. The Balaban J connectivity index is 0.000000605. The maximum Gasteiger partial charge on any atom is 2.00 e. The molecule has 0 atom stereocenters. The van der Waals surface area contributed by atoms with Crippen LogP contribution < -0.4 is 0 Å². The van der Waals surface area contributed by atoms with Crippen molar-refractivity contribution in [1.82, 2.24) is 0 Å². The van der Waals surface area contributed by atoms with Gasteiger partial charge in [0.25, 0.3) is 0 Å². The SMILES string of the molecule is Cc1c[cH-]c2ccccc12.[CH3-].[Mg+2]. The van der Waals surface area contributed by atoms with E-state index in [4.69, 9.17) is 0 Å². The van der Waals surface area contributed by atoms with Crippen molar-refractivity contribution in [2.45, 2.75) is 6.92 Å². The molecule has 2 aromatic carbocycles. The molecule has 0 nitrogen and oxygen atoms in total. The number of fused-ring (bicyclic) bond motifs is 1. The fraction of sp³-hybridized carbons (Fsp3) is 0.0909. The molecule has 1 heteroatoms. The first-order chi connectivity index (χ1) is 4.88. The first-order valence-corrected chi connectivity index (χ1v) is 3.49. The molecule has 0 heterocycles. The maximum absolute atomic E-state index is 2.16. The average molecular weight is 169 g/mol. The second kappa shape index (κ2) is 4.58. The topological polar surface area (TPSA) is 0 Å². The van der Waals surface area contributed by atoms with Crippen LogP contribution in [0.15, 0.2) is 36.4 Å². The van der Waals surface area contributed by atoms with E-state index in [0.717, 1.165) is 0 Å². The third-order valence-electron chi connectivity index (χ3n) is 1.90. The van der Waals surface area contributed by atoms with Gasteiger partial charge in [0.1, 0.15) is 0 Å². The monoisotopic (exact) mass is 168 g/mol. The molecule has 0 fully saturated rings.